The molecule has 2 aromatic heterocycles. The van der Waals surface area contributed by atoms with Gasteiger partial charge in [-0.15, -0.1) is 0 Å². The van der Waals surface area contributed by atoms with E-state index in [0.717, 1.165) is 54.7 Å². The van der Waals surface area contributed by atoms with Gasteiger partial charge in [0, 0.05) is 57.4 Å². The lowest BCUT2D eigenvalue weighted by Crippen LogP contribution is -2.43. The van der Waals surface area contributed by atoms with Gasteiger partial charge >= 0.3 is 0 Å². The average Bonchev–Trinajstić information content (AvgIpc) is 3.36. The van der Waals surface area contributed by atoms with Crippen molar-refractivity contribution >= 4 is 17.5 Å². The molecule has 0 N–H and O–H groups in total. The van der Waals surface area contributed by atoms with E-state index in [1.807, 2.05) is 22.9 Å². The second-order valence-corrected chi connectivity index (χ2v) is 9.89. The normalized spacial score (nSPS) is 20.3. The van der Waals surface area contributed by atoms with Crippen LogP contribution in [0.2, 0.25) is 0 Å². The summed E-state index contributed by atoms with van der Waals surface area (Å²) in [6, 6.07) is 2.09. The number of pyridine rings is 1. The maximum atomic E-state index is 13.1. The van der Waals surface area contributed by atoms with Crippen molar-refractivity contribution < 1.29 is 19.1 Å². The summed E-state index contributed by atoms with van der Waals surface area (Å²) in [5.74, 6) is 1.50. The first-order valence-corrected chi connectivity index (χ1v) is 12.7. The van der Waals surface area contributed by atoms with Gasteiger partial charge in [-0.1, -0.05) is 0 Å². The lowest BCUT2D eigenvalue weighted by atomic mass is 9.95. The van der Waals surface area contributed by atoms with Gasteiger partial charge in [0.25, 0.3) is 0 Å². The number of rotatable bonds is 5. The van der Waals surface area contributed by atoms with Crippen LogP contribution < -0.4 is 14.4 Å². The fraction of sp³-hybridized carbons (Fsp3) is 0.577. The highest BCUT2D eigenvalue weighted by Gasteiger charge is 2.35. The van der Waals surface area contributed by atoms with E-state index in [2.05, 4.69) is 25.9 Å². The summed E-state index contributed by atoms with van der Waals surface area (Å²) >= 11 is 0. The van der Waals surface area contributed by atoms with Crippen LogP contribution in [-0.2, 0) is 22.6 Å². The highest BCUT2D eigenvalue weighted by Crippen LogP contribution is 2.31. The Bertz CT molecular complexity index is 1130. The molecule has 0 aliphatic carbocycles. The van der Waals surface area contributed by atoms with Crippen molar-refractivity contribution in [2.45, 2.75) is 52.2 Å². The minimum absolute atomic E-state index is 0.0127. The van der Waals surface area contributed by atoms with E-state index < -0.39 is 0 Å². The molecule has 0 aromatic carbocycles. The Morgan fingerprint density at radius 1 is 1.00 bits per heavy atom. The maximum absolute atomic E-state index is 13.1. The van der Waals surface area contributed by atoms with Gasteiger partial charge in [-0.25, -0.2) is 15.0 Å². The van der Waals surface area contributed by atoms with E-state index in [4.69, 9.17) is 9.47 Å². The van der Waals surface area contributed by atoms with Crippen LogP contribution in [0.25, 0.3) is 0 Å². The Morgan fingerprint density at radius 3 is 2.50 bits per heavy atom. The molecule has 2 amide bonds. The number of aryl methyl sites for hydroxylation is 1. The van der Waals surface area contributed by atoms with Crippen molar-refractivity contribution in [3.63, 3.8) is 0 Å². The number of amides is 2. The van der Waals surface area contributed by atoms with Gasteiger partial charge in [0.1, 0.15) is 12.4 Å². The highest BCUT2D eigenvalue weighted by atomic mass is 16.5. The molecule has 0 bridgehead atoms. The number of ether oxygens (including phenoxy) is 2. The molecule has 5 heterocycles. The molecule has 10 nitrogen and oxygen atoms in total. The molecular formula is C26H34N6O4. The number of hydrogen-bond acceptors (Lipinski definition) is 8. The number of aromatic nitrogens is 3. The third-order valence-electron chi connectivity index (χ3n) is 7.56. The number of methoxy groups -OCH3 is 1. The molecule has 3 aliphatic heterocycles. The summed E-state index contributed by atoms with van der Waals surface area (Å²) in [5.41, 5.74) is 4.03. The van der Waals surface area contributed by atoms with Gasteiger partial charge in [-0.2, -0.15) is 0 Å². The zero-order valence-corrected chi connectivity index (χ0v) is 21.3. The number of carbonyl (C=O) groups excluding carboxylic acids is 2. The smallest absolute Gasteiger partial charge is 0.225 e. The van der Waals surface area contributed by atoms with Crippen molar-refractivity contribution in [3.8, 4) is 11.8 Å². The largest absolute Gasteiger partial charge is 0.481 e. The number of carbonyl (C=O) groups is 2. The second kappa shape index (κ2) is 10.3. The Kier molecular flexibility index (Phi) is 6.93. The molecule has 36 heavy (non-hydrogen) atoms. The van der Waals surface area contributed by atoms with E-state index in [1.54, 1.807) is 20.4 Å². The molecule has 2 fully saturated rings. The van der Waals surface area contributed by atoms with E-state index >= 15 is 0 Å². The first-order valence-electron chi connectivity index (χ1n) is 12.7. The first kappa shape index (κ1) is 24.3. The molecule has 0 spiro atoms. The van der Waals surface area contributed by atoms with Gasteiger partial charge in [0.15, 0.2) is 0 Å². The molecule has 1 atom stereocenters. The van der Waals surface area contributed by atoms with Gasteiger partial charge in [-0.3, -0.25) is 9.59 Å². The second-order valence-electron chi connectivity index (χ2n) is 9.89. The van der Waals surface area contributed by atoms with Crippen molar-refractivity contribution in [2.75, 3.05) is 44.7 Å². The fourth-order valence-corrected chi connectivity index (χ4v) is 5.45. The minimum atomic E-state index is -0.0921. The van der Waals surface area contributed by atoms with E-state index in [1.165, 1.54) is 0 Å². The molecule has 10 heteroatoms. The molecule has 2 saturated heterocycles. The third kappa shape index (κ3) is 4.94. The first-order chi connectivity index (χ1) is 17.4. The van der Waals surface area contributed by atoms with Crippen molar-refractivity contribution in [1.82, 2.24) is 24.8 Å². The molecule has 5 rings (SSSR count). The highest BCUT2D eigenvalue weighted by molar-refractivity contribution is 5.80. The minimum Gasteiger partial charge on any atom is -0.481 e. The Morgan fingerprint density at radius 2 is 1.78 bits per heavy atom. The van der Waals surface area contributed by atoms with Crippen molar-refractivity contribution in [3.05, 3.63) is 35.4 Å². The van der Waals surface area contributed by atoms with Gasteiger partial charge in [-0.05, 0) is 25.8 Å². The van der Waals surface area contributed by atoms with Crippen LogP contribution >= 0.6 is 0 Å². The summed E-state index contributed by atoms with van der Waals surface area (Å²) in [5, 5.41) is 0. The predicted octanol–water partition coefficient (Wildman–Crippen LogP) is 1.99. The fourth-order valence-electron chi connectivity index (χ4n) is 5.45. The van der Waals surface area contributed by atoms with Crippen LogP contribution in [0.3, 0.4) is 0 Å². The summed E-state index contributed by atoms with van der Waals surface area (Å²) in [7, 11) is 1.63. The molecule has 0 saturated carbocycles. The number of anilines is 1. The standard InChI is InChI=1S/C26H34N6O4/c1-17-12-20(13-27-24(17)35-3)31-11-7-23-22(15-31)25(29-16-28-23)36-21-6-10-32(14-21)26(34)19-4-8-30(9-5-19)18(2)33/h12-13,16,19,21H,4-11,14-15H2,1-3H3. The maximum Gasteiger partial charge on any atom is 0.225 e. The van der Waals surface area contributed by atoms with Crippen molar-refractivity contribution in [1.29, 1.82) is 0 Å². The Hall–Kier alpha value is -3.43. The number of hydrogen-bond donors (Lipinski definition) is 0. The van der Waals surface area contributed by atoms with E-state index in [-0.39, 0.29) is 23.8 Å². The molecule has 0 radical (unpaired) electrons. The van der Waals surface area contributed by atoms with Gasteiger partial charge in [0.05, 0.1) is 43.3 Å². The zero-order chi connectivity index (χ0) is 25.2. The van der Waals surface area contributed by atoms with Crippen LogP contribution in [0.15, 0.2) is 18.6 Å². The van der Waals surface area contributed by atoms with Crippen LogP contribution in [-0.4, -0.2) is 82.5 Å². The zero-order valence-electron chi connectivity index (χ0n) is 21.3. The predicted molar refractivity (Wildman–Crippen MR) is 133 cm³/mol. The quantitative estimate of drug-likeness (QED) is 0.622. The number of nitrogens with zero attached hydrogens (tertiary/aromatic N) is 6. The number of fused-ring (bicyclic) bond motifs is 1. The van der Waals surface area contributed by atoms with Crippen LogP contribution in [0.1, 0.15) is 43.0 Å². The SMILES string of the molecule is COc1ncc(N2CCc3ncnc(OC4CCN(C(=O)C5CCN(C(C)=O)CC5)C4)c3C2)cc1C. The molecular weight excluding hydrogens is 460 g/mol. The van der Waals surface area contributed by atoms with Crippen LogP contribution in [0.5, 0.6) is 11.8 Å². The van der Waals surface area contributed by atoms with Crippen molar-refractivity contribution in [2.24, 2.45) is 5.92 Å². The third-order valence-corrected chi connectivity index (χ3v) is 7.56. The van der Waals surface area contributed by atoms with Crippen LogP contribution in [0.4, 0.5) is 5.69 Å². The molecule has 2 aromatic rings. The summed E-state index contributed by atoms with van der Waals surface area (Å²) < 4.78 is 11.7. The monoisotopic (exact) mass is 494 g/mol. The molecule has 3 aliphatic rings. The van der Waals surface area contributed by atoms with E-state index in [0.29, 0.717) is 44.5 Å². The van der Waals surface area contributed by atoms with Crippen LogP contribution in [0, 0.1) is 12.8 Å². The summed E-state index contributed by atoms with van der Waals surface area (Å²) in [6.07, 6.45) is 6.36. The Balaban J connectivity index is 1.22. The number of piperidine rings is 1. The topological polar surface area (TPSA) is 101 Å². The lowest BCUT2D eigenvalue weighted by molar-refractivity contribution is -0.139. The Labute approximate surface area is 211 Å². The van der Waals surface area contributed by atoms with E-state index in [9.17, 15) is 9.59 Å². The molecule has 192 valence electrons. The summed E-state index contributed by atoms with van der Waals surface area (Å²) in [4.78, 5) is 44.1. The number of likely N-dealkylation sites (tertiary alicyclic amines) is 2. The van der Waals surface area contributed by atoms with Gasteiger partial charge in [0.2, 0.25) is 23.6 Å². The van der Waals surface area contributed by atoms with Gasteiger partial charge < -0.3 is 24.2 Å². The summed E-state index contributed by atoms with van der Waals surface area (Å²) in [6.45, 7) is 7.63. The lowest BCUT2D eigenvalue weighted by Gasteiger charge is -2.32. The average molecular weight is 495 g/mol. The molecule has 1 unspecified atom stereocenters.